The average Bonchev–Trinajstić information content (AvgIpc) is 2.98. The van der Waals surface area contributed by atoms with Crippen LogP contribution < -0.4 is 5.73 Å². The molecule has 1 aromatic heterocycles. The van der Waals surface area contributed by atoms with Gasteiger partial charge in [-0.2, -0.15) is 5.26 Å². The Morgan fingerprint density at radius 1 is 1.14 bits per heavy atom. The molecular weight excluding hydrogens is 260 g/mol. The Hall–Kier alpha value is -2.41. The van der Waals surface area contributed by atoms with Gasteiger partial charge in [0.2, 0.25) is 0 Å². The smallest absolute Gasteiger partial charge is 0.145 e. The quantitative estimate of drug-likeness (QED) is 0.915. The van der Waals surface area contributed by atoms with Gasteiger partial charge in [-0.1, -0.05) is 43.2 Å². The highest BCUT2D eigenvalue weighted by atomic mass is 15.0. The molecule has 4 heteroatoms. The summed E-state index contributed by atoms with van der Waals surface area (Å²) < 4.78 is 0. The zero-order valence-corrected chi connectivity index (χ0v) is 12.1. The third-order valence-corrected chi connectivity index (χ3v) is 4.44. The lowest BCUT2D eigenvalue weighted by Crippen LogP contribution is -2.27. The first kappa shape index (κ1) is 13.6. The maximum absolute atomic E-state index is 9.13. The molecule has 106 valence electrons. The highest BCUT2D eigenvalue weighted by Gasteiger charge is 2.40. The minimum atomic E-state index is -0.159. The fourth-order valence-electron chi connectivity index (χ4n) is 3.32. The molecule has 2 aromatic rings. The zero-order valence-electron chi connectivity index (χ0n) is 12.1. The van der Waals surface area contributed by atoms with Crippen LogP contribution in [0, 0.1) is 18.3 Å². The number of nitrogens with zero attached hydrogens (tertiary/aromatic N) is 3. The normalized spacial score (nSPS) is 16.6. The average molecular weight is 278 g/mol. The minimum absolute atomic E-state index is 0.159. The van der Waals surface area contributed by atoms with Crippen molar-refractivity contribution >= 4 is 5.82 Å². The molecule has 0 aliphatic heterocycles. The van der Waals surface area contributed by atoms with E-state index < -0.39 is 0 Å². The van der Waals surface area contributed by atoms with Crippen LogP contribution in [0.2, 0.25) is 0 Å². The highest BCUT2D eigenvalue weighted by molar-refractivity contribution is 5.52. The summed E-state index contributed by atoms with van der Waals surface area (Å²) in [6, 6.07) is 12.5. The molecule has 1 heterocycles. The Morgan fingerprint density at radius 3 is 2.38 bits per heavy atom. The molecular formula is C17H18N4. The van der Waals surface area contributed by atoms with E-state index >= 15 is 0 Å². The Bertz CT molecular complexity index is 671. The fourth-order valence-corrected chi connectivity index (χ4v) is 3.32. The van der Waals surface area contributed by atoms with Gasteiger partial charge in [0.05, 0.1) is 11.1 Å². The maximum atomic E-state index is 9.13. The van der Waals surface area contributed by atoms with Crippen LogP contribution >= 0.6 is 0 Å². The summed E-state index contributed by atoms with van der Waals surface area (Å²) in [5.74, 6) is 1.06. The SMILES string of the molecule is Cc1nc(C2(c3ccccc3)CCCC2)nc(N)c1C#N. The van der Waals surface area contributed by atoms with Crippen LogP contribution in [0.1, 0.15) is 48.3 Å². The van der Waals surface area contributed by atoms with Crippen LogP contribution in [0.25, 0.3) is 0 Å². The van der Waals surface area contributed by atoms with Crippen molar-refractivity contribution in [1.29, 1.82) is 5.26 Å². The lowest BCUT2D eigenvalue weighted by molar-refractivity contribution is 0.498. The molecule has 0 bridgehead atoms. The van der Waals surface area contributed by atoms with Gasteiger partial charge in [0.25, 0.3) is 0 Å². The second-order valence-electron chi connectivity index (χ2n) is 5.66. The largest absolute Gasteiger partial charge is 0.382 e. The molecule has 1 aliphatic carbocycles. The van der Waals surface area contributed by atoms with E-state index in [4.69, 9.17) is 11.0 Å². The monoisotopic (exact) mass is 278 g/mol. The Labute approximate surface area is 124 Å². The molecule has 21 heavy (non-hydrogen) atoms. The molecule has 0 radical (unpaired) electrons. The molecule has 0 atom stereocenters. The van der Waals surface area contributed by atoms with Gasteiger partial charge in [0, 0.05) is 0 Å². The van der Waals surface area contributed by atoms with Gasteiger partial charge in [-0.05, 0) is 25.3 Å². The summed E-state index contributed by atoms with van der Waals surface area (Å²) in [5.41, 5.74) is 8.10. The number of nitrogen functional groups attached to an aromatic ring is 1. The molecule has 1 aliphatic rings. The van der Waals surface area contributed by atoms with Gasteiger partial charge >= 0.3 is 0 Å². The second-order valence-corrected chi connectivity index (χ2v) is 5.66. The van der Waals surface area contributed by atoms with Crippen molar-refractivity contribution in [2.24, 2.45) is 0 Å². The first-order valence-electron chi connectivity index (χ1n) is 7.27. The van der Waals surface area contributed by atoms with E-state index in [0.29, 0.717) is 17.1 Å². The number of aromatic nitrogens is 2. The van der Waals surface area contributed by atoms with E-state index in [9.17, 15) is 0 Å². The van der Waals surface area contributed by atoms with Gasteiger partial charge in [-0.3, -0.25) is 0 Å². The lowest BCUT2D eigenvalue weighted by atomic mass is 9.78. The summed E-state index contributed by atoms with van der Waals surface area (Å²) in [4.78, 5) is 9.10. The van der Waals surface area contributed by atoms with E-state index in [1.807, 2.05) is 13.0 Å². The maximum Gasteiger partial charge on any atom is 0.145 e. The van der Waals surface area contributed by atoms with Gasteiger partial charge in [0.15, 0.2) is 0 Å². The number of nitriles is 1. The number of nitrogens with two attached hydrogens (primary N) is 1. The molecule has 0 saturated heterocycles. The van der Waals surface area contributed by atoms with Crippen LogP contribution in [0.5, 0.6) is 0 Å². The van der Waals surface area contributed by atoms with E-state index in [0.717, 1.165) is 31.5 Å². The third-order valence-electron chi connectivity index (χ3n) is 4.44. The molecule has 0 spiro atoms. The standard InChI is InChI=1S/C17H18N4/c1-12-14(11-18)15(19)21-16(20-12)17(9-5-6-10-17)13-7-3-2-4-8-13/h2-4,7-8H,5-6,9-10H2,1H3,(H2,19,20,21). The van der Waals surface area contributed by atoms with Crippen molar-refractivity contribution in [1.82, 2.24) is 9.97 Å². The predicted octanol–water partition coefficient (Wildman–Crippen LogP) is 3.10. The van der Waals surface area contributed by atoms with Gasteiger partial charge < -0.3 is 5.73 Å². The third kappa shape index (κ3) is 2.15. The number of aryl methyl sites for hydroxylation is 1. The van der Waals surface area contributed by atoms with Crippen molar-refractivity contribution in [2.75, 3.05) is 5.73 Å². The van der Waals surface area contributed by atoms with Crippen molar-refractivity contribution in [3.8, 4) is 6.07 Å². The van der Waals surface area contributed by atoms with Crippen LogP contribution in [-0.4, -0.2) is 9.97 Å². The molecule has 1 fully saturated rings. The number of benzene rings is 1. The first-order chi connectivity index (χ1) is 10.2. The summed E-state index contributed by atoms with van der Waals surface area (Å²) in [5, 5.41) is 9.13. The van der Waals surface area contributed by atoms with Crippen LogP contribution in [0.4, 0.5) is 5.82 Å². The number of rotatable bonds is 2. The summed E-state index contributed by atoms with van der Waals surface area (Å²) in [6.45, 7) is 1.83. The van der Waals surface area contributed by atoms with Crippen molar-refractivity contribution in [2.45, 2.75) is 38.0 Å². The van der Waals surface area contributed by atoms with Gasteiger partial charge in [0.1, 0.15) is 23.3 Å². The molecule has 4 nitrogen and oxygen atoms in total. The first-order valence-corrected chi connectivity index (χ1v) is 7.27. The predicted molar refractivity (Wildman–Crippen MR) is 81.6 cm³/mol. The second kappa shape index (κ2) is 5.17. The number of hydrogen-bond acceptors (Lipinski definition) is 4. The number of anilines is 1. The highest BCUT2D eigenvalue weighted by Crippen LogP contribution is 2.45. The zero-order chi connectivity index (χ0) is 14.9. The van der Waals surface area contributed by atoms with Crippen LogP contribution in [0.15, 0.2) is 30.3 Å². The molecule has 1 aromatic carbocycles. The summed E-state index contributed by atoms with van der Waals surface area (Å²) in [7, 11) is 0. The number of hydrogen-bond donors (Lipinski definition) is 1. The van der Waals surface area contributed by atoms with Crippen molar-refractivity contribution in [3.05, 3.63) is 53.0 Å². The van der Waals surface area contributed by atoms with Gasteiger partial charge in [-0.15, -0.1) is 0 Å². The fraction of sp³-hybridized carbons (Fsp3) is 0.353. The summed E-state index contributed by atoms with van der Waals surface area (Å²) >= 11 is 0. The van der Waals surface area contributed by atoms with Crippen molar-refractivity contribution in [3.63, 3.8) is 0 Å². The van der Waals surface area contributed by atoms with Crippen LogP contribution in [0.3, 0.4) is 0 Å². The Kier molecular flexibility index (Phi) is 3.34. The topological polar surface area (TPSA) is 75.6 Å². The van der Waals surface area contributed by atoms with Gasteiger partial charge in [-0.25, -0.2) is 9.97 Å². The summed E-state index contributed by atoms with van der Waals surface area (Å²) in [6.07, 6.45) is 4.39. The molecule has 1 saturated carbocycles. The van der Waals surface area contributed by atoms with Crippen LogP contribution in [-0.2, 0) is 5.41 Å². The molecule has 0 amide bonds. The molecule has 2 N–H and O–H groups in total. The van der Waals surface area contributed by atoms with E-state index in [1.165, 1.54) is 5.56 Å². The van der Waals surface area contributed by atoms with E-state index in [-0.39, 0.29) is 5.41 Å². The molecule has 0 unspecified atom stereocenters. The Balaban J connectivity index is 2.18. The van der Waals surface area contributed by atoms with E-state index in [1.54, 1.807) is 0 Å². The van der Waals surface area contributed by atoms with Crippen molar-refractivity contribution < 1.29 is 0 Å². The Morgan fingerprint density at radius 2 is 1.81 bits per heavy atom. The van der Waals surface area contributed by atoms with E-state index in [2.05, 4.69) is 40.3 Å². The lowest BCUT2D eigenvalue weighted by Gasteiger charge is -2.28. The molecule has 3 rings (SSSR count). The minimum Gasteiger partial charge on any atom is -0.382 e.